The highest BCUT2D eigenvalue weighted by molar-refractivity contribution is 6.34. The van der Waals surface area contributed by atoms with Crippen molar-refractivity contribution in [3.8, 4) is 16.9 Å². The third kappa shape index (κ3) is 4.15. The molecule has 2 aliphatic rings. The zero-order chi connectivity index (χ0) is 24.9. The number of ether oxygens (including phenoxy) is 1. The number of rotatable bonds is 5. The second-order valence-electron chi connectivity index (χ2n) is 9.38. The summed E-state index contributed by atoms with van der Waals surface area (Å²) in [6.45, 7) is 5.89. The van der Waals surface area contributed by atoms with Crippen molar-refractivity contribution in [2.45, 2.75) is 19.0 Å². The smallest absolute Gasteiger partial charge is 0.228 e. The summed E-state index contributed by atoms with van der Waals surface area (Å²) in [7, 11) is 5.49. The van der Waals surface area contributed by atoms with Gasteiger partial charge in [-0.05, 0) is 39.2 Å². The average Bonchev–Trinajstić information content (AvgIpc) is 2.79. The van der Waals surface area contributed by atoms with Crippen molar-refractivity contribution >= 4 is 34.3 Å². The summed E-state index contributed by atoms with van der Waals surface area (Å²) < 4.78 is 36.5. The number of nitrogens with zero attached hydrogens (tertiary/aromatic N) is 5. The van der Waals surface area contributed by atoms with Crippen molar-refractivity contribution in [2.75, 3.05) is 63.7 Å². The fourth-order valence-electron chi connectivity index (χ4n) is 4.78. The topological polar surface area (TPSA) is 56.8 Å². The van der Waals surface area contributed by atoms with Gasteiger partial charge in [-0.25, -0.2) is 13.8 Å². The number of likely N-dealkylation sites (N-methyl/N-ethyl adjacent to an activating group) is 1. The van der Waals surface area contributed by atoms with E-state index in [-0.39, 0.29) is 33.5 Å². The number of methoxy groups -OCH3 is 1. The molecular weight excluding hydrogens is 474 g/mol. The number of benzene rings is 2. The highest BCUT2D eigenvalue weighted by Gasteiger charge is 2.33. The van der Waals surface area contributed by atoms with Crippen LogP contribution < -0.4 is 19.9 Å². The van der Waals surface area contributed by atoms with Gasteiger partial charge in [-0.2, -0.15) is 4.98 Å². The molecule has 1 N–H and O–H groups in total. The average molecular weight is 503 g/mol. The molecule has 0 aliphatic carbocycles. The standard InChI is InChI=1S/C25H29ClF2N6O/c1-14-11-29-8-9-34(14)24-16-10-17(26)20(21-18(27)6-5-7-19(21)35-4)22(28)23(16)30-25(31-24)33-12-15(13-33)32(2)3/h5-7,10,14-15,29H,8-9,11-13H2,1-4H3. The molecule has 3 heterocycles. The molecule has 0 amide bonds. The first-order valence-corrected chi connectivity index (χ1v) is 12.1. The Morgan fingerprint density at radius 3 is 2.63 bits per heavy atom. The van der Waals surface area contributed by atoms with Gasteiger partial charge in [0.1, 0.15) is 22.9 Å². The molecule has 0 bridgehead atoms. The number of anilines is 2. The number of aromatic nitrogens is 2. The quantitative estimate of drug-likeness (QED) is 0.569. The molecule has 3 aromatic rings. The van der Waals surface area contributed by atoms with Gasteiger partial charge in [0.2, 0.25) is 5.95 Å². The molecule has 5 rings (SSSR count). The largest absolute Gasteiger partial charge is 0.496 e. The lowest BCUT2D eigenvalue weighted by Gasteiger charge is -2.43. The zero-order valence-corrected chi connectivity index (χ0v) is 21.0. The minimum Gasteiger partial charge on any atom is -0.496 e. The van der Waals surface area contributed by atoms with Gasteiger partial charge in [0.25, 0.3) is 0 Å². The Bertz CT molecular complexity index is 1270. The lowest BCUT2D eigenvalue weighted by molar-refractivity contribution is 0.245. The van der Waals surface area contributed by atoms with Crippen LogP contribution in [0.2, 0.25) is 5.02 Å². The normalized spacial score (nSPS) is 18.9. The molecule has 1 aromatic heterocycles. The highest BCUT2D eigenvalue weighted by atomic mass is 35.5. The van der Waals surface area contributed by atoms with Gasteiger partial charge in [-0.1, -0.05) is 17.7 Å². The number of fused-ring (bicyclic) bond motifs is 1. The van der Waals surface area contributed by atoms with Gasteiger partial charge in [0.15, 0.2) is 5.82 Å². The number of hydrogen-bond acceptors (Lipinski definition) is 7. The lowest BCUT2D eigenvalue weighted by Crippen LogP contribution is -2.58. The summed E-state index contributed by atoms with van der Waals surface area (Å²) in [6, 6.07) is 6.53. The molecule has 1 atom stereocenters. The van der Waals surface area contributed by atoms with Crippen LogP contribution in [0.5, 0.6) is 5.75 Å². The van der Waals surface area contributed by atoms with E-state index in [0.717, 1.165) is 32.7 Å². The Kier molecular flexibility index (Phi) is 6.41. The SMILES string of the molecule is COc1cccc(F)c1-c1c(Cl)cc2c(N3CCNCC3C)nc(N3CC(N(C)C)C3)nc2c1F. The van der Waals surface area contributed by atoms with Gasteiger partial charge in [-0.3, -0.25) is 0 Å². The highest BCUT2D eigenvalue weighted by Crippen LogP contribution is 2.43. The minimum atomic E-state index is -0.687. The predicted octanol–water partition coefficient (Wildman–Crippen LogP) is 3.79. The van der Waals surface area contributed by atoms with Crippen LogP contribution in [0.4, 0.5) is 20.5 Å². The van der Waals surface area contributed by atoms with Crippen molar-refractivity contribution in [3.05, 3.63) is 40.9 Å². The summed E-state index contributed by atoms with van der Waals surface area (Å²) in [5.41, 5.74) is 0.0369. The Hall–Kier alpha value is -2.75. The van der Waals surface area contributed by atoms with Gasteiger partial charge >= 0.3 is 0 Å². The molecule has 0 radical (unpaired) electrons. The van der Waals surface area contributed by atoms with Crippen molar-refractivity contribution in [1.82, 2.24) is 20.2 Å². The molecule has 2 aromatic carbocycles. The number of nitrogens with one attached hydrogen (secondary N) is 1. The third-order valence-corrected chi connectivity index (χ3v) is 7.24. The first-order valence-electron chi connectivity index (χ1n) is 11.7. The van der Waals surface area contributed by atoms with E-state index in [0.29, 0.717) is 23.2 Å². The van der Waals surface area contributed by atoms with E-state index in [1.54, 1.807) is 12.1 Å². The van der Waals surface area contributed by atoms with E-state index in [1.165, 1.54) is 19.2 Å². The molecule has 2 fully saturated rings. The molecule has 7 nitrogen and oxygen atoms in total. The molecular formula is C25H29ClF2N6O. The van der Waals surface area contributed by atoms with Crippen LogP contribution in [0.1, 0.15) is 6.92 Å². The monoisotopic (exact) mass is 502 g/mol. The van der Waals surface area contributed by atoms with Crippen LogP contribution in [-0.4, -0.2) is 80.9 Å². The minimum absolute atomic E-state index is 0.0201. The van der Waals surface area contributed by atoms with Gasteiger partial charge in [0, 0.05) is 55.8 Å². The van der Waals surface area contributed by atoms with Gasteiger partial charge in [-0.15, -0.1) is 0 Å². The molecule has 1 unspecified atom stereocenters. The molecule has 0 spiro atoms. The van der Waals surface area contributed by atoms with E-state index in [4.69, 9.17) is 21.3 Å². The van der Waals surface area contributed by atoms with Gasteiger partial charge < -0.3 is 24.8 Å². The first-order chi connectivity index (χ1) is 16.8. The van der Waals surface area contributed by atoms with Crippen molar-refractivity contribution in [3.63, 3.8) is 0 Å². The van der Waals surface area contributed by atoms with Crippen molar-refractivity contribution < 1.29 is 13.5 Å². The van der Waals surface area contributed by atoms with Crippen LogP contribution in [0, 0.1) is 11.6 Å². The Morgan fingerprint density at radius 2 is 1.94 bits per heavy atom. The zero-order valence-electron chi connectivity index (χ0n) is 20.3. The molecule has 35 heavy (non-hydrogen) atoms. The van der Waals surface area contributed by atoms with Crippen LogP contribution in [0.15, 0.2) is 24.3 Å². The van der Waals surface area contributed by atoms with E-state index < -0.39 is 11.6 Å². The number of halogens is 3. The molecule has 10 heteroatoms. The van der Waals surface area contributed by atoms with E-state index >= 15 is 4.39 Å². The fourth-order valence-corrected chi connectivity index (χ4v) is 5.06. The van der Waals surface area contributed by atoms with Crippen LogP contribution in [0.25, 0.3) is 22.0 Å². The van der Waals surface area contributed by atoms with Crippen LogP contribution in [0.3, 0.4) is 0 Å². The summed E-state index contributed by atoms with van der Waals surface area (Å²) in [5.74, 6) is -0.00401. The summed E-state index contributed by atoms with van der Waals surface area (Å²) in [6.07, 6.45) is 0. The molecule has 2 saturated heterocycles. The second kappa shape index (κ2) is 9.37. The van der Waals surface area contributed by atoms with E-state index in [2.05, 4.69) is 27.0 Å². The maximum atomic E-state index is 16.3. The van der Waals surface area contributed by atoms with E-state index in [9.17, 15) is 4.39 Å². The summed E-state index contributed by atoms with van der Waals surface area (Å²) in [4.78, 5) is 15.9. The maximum Gasteiger partial charge on any atom is 0.228 e. The van der Waals surface area contributed by atoms with Crippen molar-refractivity contribution in [2.24, 2.45) is 0 Å². The lowest BCUT2D eigenvalue weighted by atomic mass is 10.0. The Balaban J connectivity index is 1.73. The molecule has 0 saturated carbocycles. The fraction of sp³-hybridized carbons (Fsp3) is 0.440. The Morgan fingerprint density at radius 1 is 1.17 bits per heavy atom. The summed E-state index contributed by atoms with van der Waals surface area (Å²) in [5, 5.41) is 3.96. The number of piperazine rings is 1. The number of hydrogen-bond donors (Lipinski definition) is 1. The Labute approximate surface area is 208 Å². The van der Waals surface area contributed by atoms with Crippen molar-refractivity contribution in [1.29, 1.82) is 0 Å². The predicted molar refractivity (Wildman–Crippen MR) is 136 cm³/mol. The van der Waals surface area contributed by atoms with Gasteiger partial charge in [0.05, 0.1) is 17.7 Å². The van der Waals surface area contributed by atoms with Crippen LogP contribution >= 0.6 is 11.6 Å². The van der Waals surface area contributed by atoms with E-state index in [1.807, 2.05) is 19.0 Å². The third-order valence-electron chi connectivity index (χ3n) is 6.95. The summed E-state index contributed by atoms with van der Waals surface area (Å²) >= 11 is 6.62. The molecule has 2 aliphatic heterocycles. The second-order valence-corrected chi connectivity index (χ2v) is 9.78. The first kappa shape index (κ1) is 24.0. The van der Waals surface area contributed by atoms with Crippen LogP contribution in [-0.2, 0) is 0 Å². The maximum absolute atomic E-state index is 16.3. The molecule has 186 valence electrons.